The molecule has 1 amide bonds. The number of nitro benzene ring substituents is 1. The van der Waals surface area contributed by atoms with E-state index in [1.54, 1.807) is 26.0 Å². The van der Waals surface area contributed by atoms with Crippen molar-refractivity contribution in [1.29, 1.82) is 0 Å². The number of hydrogen-bond donors (Lipinski definition) is 1. The number of nitro groups is 1. The highest BCUT2D eigenvalue weighted by Crippen LogP contribution is 2.22. The number of carbonyl (C=O) groups is 1. The van der Waals surface area contributed by atoms with Crippen LogP contribution in [0.25, 0.3) is 6.08 Å². The maximum Gasteiger partial charge on any atom is 0.306 e. The average Bonchev–Trinajstić information content (AvgIpc) is 2.68. The lowest BCUT2D eigenvalue weighted by molar-refractivity contribution is -0.387. The summed E-state index contributed by atoms with van der Waals surface area (Å²) >= 11 is 0. The van der Waals surface area contributed by atoms with Crippen molar-refractivity contribution in [1.82, 2.24) is 4.31 Å². The molecule has 8 nitrogen and oxygen atoms in total. The number of benzene rings is 2. The Morgan fingerprint density at radius 3 is 2.34 bits per heavy atom. The molecule has 10 heteroatoms. The Labute approximate surface area is 167 Å². The Morgan fingerprint density at radius 2 is 1.79 bits per heavy atom. The van der Waals surface area contributed by atoms with Gasteiger partial charge in [-0.05, 0) is 35.9 Å². The number of sulfonamides is 1. The highest BCUT2D eigenvalue weighted by atomic mass is 32.2. The van der Waals surface area contributed by atoms with E-state index in [9.17, 15) is 27.7 Å². The van der Waals surface area contributed by atoms with Crippen LogP contribution in [0, 0.1) is 15.9 Å². The van der Waals surface area contributed by atoms with Crippen molar-refractivity contribution in [3.05, 3.63) is 70.0 Å². The summed E-state index contributed by atoms with van der Waals surface area (Å²) in [6, 6.07) is 9.05. The third-order valence-corrected chi connectivity index (χ3v) is 6.12. The van der Waals surface area contributed by atoms with Crippen molar-refractivity contribution in [3.8, 4) is 0 Å². The lowest BCUT2D eigenvalue weighted by Crippen LogP contribution is -2.30. The molecule has 0 unspecified atom stereocenters. The van der Waals surface area contributed by atoms with Gasteiger partial charge in [-0.2, -0.15) is 8.70 Å². The van der Waals surface area contributed by atoms with Crippen LogP contribution in [0.5, 0.6) is 0 Å². The molecule has 1 N–H and O–H groups in total. The third kappa shape index (κ3) is 5.46. The van der Waals surface area contributed by atoms with E-state index < -0.39 is 32.4 Å². The minimum Gasteiger partial charge on any atom is -0.322 e. The van der Waals surface area contributed by atoms with Gasteiger partial charge in [0.1, 0.15) is 0 Å². The van der Waals surface area contributed by atoms with Crippen LogP contribution in [0.3, 0.4) is 0 Å². The van der Waals surface area contributed by atoms with Crippen molar-refractivity contribution >= 4 is 33.4 Å². The number of halogens is 1. The van der Waals surface area contributed by atoms with E-state index in [-0.39, 0.29) is 10.6 Å². The summed E-state index contributed by atoms with van der Waals surface area (Å²) in [6.45, 7) is 4.24. The Hall–Kier alpha value is -3.11. The molecule has 0 aliphatic carbocycles. The van der Waals surface area contributed by atoms with Crippen molar-refractivity contribution < 1.29 is 22.5 Å². The Bertz CT molecular complexity index is 1030. The van der Waals surface area contributed by atoms with Gasteiger partial charge in [-0.3, -0.25) is 14.9 Å². The van der Waals surface area contributed by atoms with Gasteiger partial charge >= 0.3 is 5.69 Å². The number of anilines is 1. The van der Waals surface area contributed by atoms with E-state index in [4.69, 9.17) is 0 Å². The van der Waals surface area contributed by atoms with Crippen molar-refractivity contribution in [2.75, 3.05) is 18.4 Å². The minimum atomic E-state index is -3.56. The summed E-state index contributed by atoms with van der Waals surface area (Å²) in [5.74, 6) is -1.57. The number of nitrogens with one attached hydrogen (secondary N) is 1. The summed E-state index contributed by atoms with van der Waals surface area (Å²) in [5, 5.41) is 13.1. The van der Waals surface area contributed by atoms with E-state index in [0.717, 1.165) is 12.1 Å². The first-order valence-corrected chi connectivity index (χ1v) is 10.2. The largest absolute Gasteiger partial charge is 0.322 e. The fourth-order valence-corrected chi connectivity index (χ4v) is 4.01. The van der Waals surface area contributed by atoms with Crippen LogP contribution >= 0.6 is 0 Å². The molecule has 0 bridgehead atoms. The molecule has 0 saturated carbocycles. The smallest absolute Gasteiger partial charge is 0.306 e. The van der Waals surface area contributed by atoms with Crippen LogP contribution < -0.4 is 5.32 Å². The zero-order valence-corrected chi connectivity index (χ0v) is 16.6. The van der Waals surface area contributed by atoms with Gasteiger partial charge < -0.3 is 5.32 Å². The quantitative estimate of drug-likeness (QED) is 0.399. The molecule has 2 rings (SSSR count). The second-order valence-corrected chi connectivity index (χ2v) is 7.84. The maximum atomic E-state index is 13.3. The van der Waals surface area contributed by atoms with E-state index in [1.165, 1.54) is 34.7 Å². The van der Waals surface area contributed by atoms with E-state index in [0.29, 0.717) is 18.7 Å². The summed E-state index contributed by atoms with van der Waals surface area (Å²) < 4.78 is 39.6. The molecule has 0 atom stereocenters. The fraction of sp³-hybridized carbons (Fsp3) is 0.211. The van der Waals surface area contributed by atoms with Crippen molar-refractivity contribution in [2.45, 2.75) is 18.7 Å². The van der Waals surface area contributed by atoms with Gasteiger partial charge in [0.25, 0.3) is 0 Å². The van der Waals surface area contributed by atoms with E-state index in [2.05, 4.69) is 5.32 Å². The minimum absolute atomic E-state index is 0.0772. The van der Waals surface area contributed by atoms with Crippen LogP contribution in [0.1, 0.15) is 19.4 Å². The van der Waals surface area contributed by atoms with E-state index in [1.807, 2.05) is 0 Å². The summed E-state index contributed by atoms with van der Waals surface area (Å²) in [6.07, 6.45) is 2.64. The van der Waals surface area contributed by atoms with Gasteiger partial charge in [-0.25, -0.2) is 8.42 Å². The second kappa shape index (κ2) is 9.39. The molecule has 154 valence electrons. The number of amides is 1. The lowest BCUT2D eigenvalue weighted by atomic mass is 10.2. The molecular weight excluding hydrogens is 401 g/mol. The predicted molar refractivity (Wildman–Crippen MR) is 107 cm³/mol. The number of hydrogen-bond acceptors (Lipinski definition) is 5. The number of nitrogens with zero attached hydrogens (tertiary/aromatic N) is 2. The molecule has 2 aromatic rings. The topological polar surface area (TPSA) is 110 Å². The molecule has 0 saturated heterocycles. The Morgan fingerprint density at radius 1 is 1.17 bits per heavy atom. The highest BCUT2D eigenvalue weighted by molar-refractivity contribution is 7.89. The van der Waals surface area contributed by atoms with Gasteiger partial charge in [-0.1, -0.05) is 26.0 Å². The van der Waals surface area contributed by atoms with Gasteiger partial charge in [0.15, 0.2) is 0 Å². The normalized spacial score (nSPS) is 11.7. The molecule has 0 aliphatic rings. The molecule has 2 aromatic carbocycles. The van der Waals surface area contributed by atoms with Crippen molar-refractivity contribution in [2.24, 2.45) is 0 Å². The number of rotatable bonds is 8. The molecule has 29 heavy (non-hydrogen) atoms. The first kappa shape index (κ1) is 22.2. The standard InChI is InChI=1S/C19H20FN3O5S/c1-3-22(4-2)29(27,28)16-9-5-14(6-10-16)7-12-19(24)21-15-8-11-17(20)18(13-15)23(25)26/h5-13H,3-4H2,1-2H3,(H,21,24). The summed E-state index contributed by atoms with van der Waals surface area (Å²) in [5.41, 5.74) is -0.0751. The zero-order chi connectivity index (χ0) is 21.6. The third-order valence-electron chi connectivity index (χ3n) is 4.06. The molecule has 0 heterocycles. The van der Waals surface area contributed by atoms with Crippen LogP contribution in [-0.2, 0) is 14.8 Å². The second-order valence-electron chi connectivity index (χ2n) is 5.90. The Kier molecular flexibility index (Phi) is 7.18. The van der Waals surface area contributed by atoms with Crippen LogP contribution in [0.15, 0.2) is 53.4 Å². The SMILES string of the molecule is CCN(CC)S(=O)(=O)c1ccc(C=CC(=O)Nc2ccc(F)c([N+](=O)[O-])c2)cc1. The fourth-order valence-electron chi connectivity index (χ4n) is 2.55. The summed E-state index contributed by atoms with van der Waals surface area (Å²) in [4.78, 5) is 22.0. The molecule has 0 fully saturated rings. The first-order valence-electron chi connectivity index (χ1n) is 8.72. The van der Waals surface area contributed by atoms with Gasteiger partial charge in [0, 0.05) is 30.9 Å². The average molecular weight is 421 g/mol. The van der Waals surface area contributed by atoms with Crippen LogP contribution in [-0.4, -0.2) is 36.6 Å². The first-order chi connectivity index (χ1) is 13.7. The van der Waals surface area contributed by atoms with Gasteiger partial charge in [0.05, 0.1) is 9.82 Å². The van der Waals surface area contributed by atoms with Gasteiger partial charge in [0.2, 0.25) is 21.7 Å². The molecule has 0 radical (unpaired) electrons. The molecule has 0 aliphatic heterocycles. The summed E-state index contributed by atoms with van der Waals surface area (Å²) in [7, 11) is -3.56. The number of carbonyl (C=O) groups excluding carboxylic acids is 1. The zero-order valence-electron chi connectivity index (χ0n) is 15.8. The monoisotopic (exact) mass is 421 g/mol. The van der Waals surface area contributed by atoms with Crippen molar-refractivity contribution in [3.63, 3.8) is 0 Å². The lowest BCUT2D eigenvalue weighted by Gasteiger charge is -2.18. The molecule has 0 aromatic heterocycles. The predicted octanol–water partition coefficient (Wildman–Crippen LogP) is 3.42. The highest BCUT2D eigenvalue weighted by Gasteiger charge is 2.21. The van der Waals surface area contributed by atoms with E-state index >= 15 is 0 Å². The molecular formula is C19H20FN3O5S. The van der Waals surface area contributed by atoms with Crippen LogP contribution in [0.2, 0.25) is 0 Å². The Balaban J connectivity index is 2.09. The van der Waals surface area contributed by atoms with Crippen LogP contribution in [0.4, 0.5) is 15.8 Å². The maximum absolute atomic E-state index is 13.3. The van der Waals surface area contributed by atoms with Gasteiger partial charge in [-0.15, -0.1) is 0 Å². The molecule has 0 spiro atoms.